The molecule has 33 heavy (non-hydrogen) atoms. The van der Waals surface area contributed by atoms with Gasteiger partial charge in [-0.15, -0.1) is 0 Å². The Morgan fingerprint density at radius 2 is 1.94 bits per heavy atom. The van der Waals surface area contributed by atoms with Crippen molar-refractivity contribution in [1.82, 2.24) is 9.80 Å². The number of fused-ring (bicyclic) bond motifs is 2. The van der Waals surface area contributed by atoms with Gasteiger partial charge in [0.05, 0.1) is 31.3 Å². The second kappa shape index (κ2) is 8.43. The molecule has 2 amide bonds. The normalized spacial score (nSPS) is 34.2. The van der Waals surface area contributed by atoms with Crippen LogP contribution in [0.4, 0.5) is 0 Å². The second-order valence-electron chi connectivity index (χ2n) is 9.11. The third-order valence-corrected chi connectivity index (χ3v) is 7.10. The fourth-order valence-corrected chi connectivity index (χ4v) is 5.60. The number of amides is 2. The molecule has 174 valence electrons. The molecule has 0 bridgehead atoms. The van der Waals surface area contributed by atoms with Gasteiger partial charge in [0.15, 0.2) is 0 Å². The van der Waals surface area contributed by atoms with E-state index in [2.05, 4.69) is 0 Å². The number of hydrogen-bond donors (Lipinski definition) is 1. The summed E-state index contributed by atoms with van der Waals surface area (Å²) >= 11 is 0. The number of carbonyl (C=O) groups is 3. The summed E-state index contributed by atoms with van der Waals surface area (Å²) in [7, 11) is 0. The predicted molar refractivity (Wildman–Crippen MR) is 117 cm³/mol. The number of likely N-dealkylation sites (tertiary alicyclic amines) is 1. The van der Waals surface area contributed by atoms with E-state index in [1.54, 1.807) is 17.9 Å². The van der Waals surface area contributed by atoms with Gasteiger partial charge in [0, 0.05) is 13.1 Å². The van der Waals surface area contributed by atoms with Gasteiger partial charge in [-0.2, -0.15) is 0 Å². The van der Waals surface area contributed by atoms with Gasteiger partial charge < -0.3 is 24.4 Å². The fraction of sp³-hybridized carbons (Fsp3) is 0.480. The Hall–Kier alpha value is -2.97. The van der Waals surface area contributed by atoms with Crippen molar-refractivity contribution in [3.63, 3.8) is 0 Å². The minimum Gasteiger partial charge on any atom is -0.465 e. The lowest BCUT2D eigenvalue weighted by molar-refractivity contribution is -0.156. The third-order valence-electron chi connectivity index (χ3n) is 7.10. The topological polar surface area (TPSA) is 96.4 Å². The number of benzene rings is 1. The molecular weight excluding hydrogens is 424 g/mol. The van der Waals surface area contributed by atoms with Crippen molar-refractivity contribution < 1.29 is 29.0 Å². The highest BCUT2D eigenvalue weighted by Crippen LogP contribution is 2.53. The van der Waals surface area contributed by atoms with Gasteiger partial charge >= 0.3 is 5.97 Å². The van der Waals surface area contributed by atoms with E-state index in [4.69, 9.17) is 9.47 Å². The molecule has 2 saturated heterocycles. The van der Waals surface area contributed by atoms with Crippen molar-refractivity contribution >= 4 is 17.8 Å². The molecule has 6 atom stereocenters. The number of ether oxygens (including phenoxy) is 2. The van der Waals surface area contributed by atoms with Gasteiger partial charge in [0.2, 0.25) is 11.8 Å². The van der Waals surface area contributed by atoms with Gasteiger partial charge in [-0.3, -0.25) is 14.4 Å². The molecule has 1 aromatic carbocycles. The van der Waals surface area contributed by atoms with Gasteiger partial charge in [-0.1, -0.05) is 54.6 Å². The van der Waals surface area contributed by atoms with Gasteiger partial charge in [-0.25, -0.2) is 0 Å². The molecule has 0 saturated carbocycles. The lowest BCUT2D eigenvalue weighted by Gasteiger charge is -2.37. The number of esters is 1. The Morgan fingerprint density at radius 3 is 2.70 bits per heavy atom. The van der Waals surface area contributed by atoms with Crippen LogP contribution in [0.5, 0.6) is 0 Å². The minimum absolute atomic E-state index is 0.242. The SMILES string of the molecule is CC(CO)N1C(=O)[C@@H]2C3C(=O)OCCC=C[C@H]3OC23C=CCN(Cc2ccccc2)C(=O)[C@@H]13. The molecule has 0 aliphatic carbocycles. The van der Waals surface area contributed by atoms with E-state index < -0.39 is 41.6 Å². The first-order valence-electron chi connectivity index (χ1n) is 11.4. The number of aliphatic hydroxyl groups excluding tert-OH is 1. The molecular formula is C25H28N2O6. The molecule has 4 heterocycles. The summed E-state index contributed by atoms with van der Waals surface area (Å²) in [4.78, 5) is 43.8. The van der Waals surface area contributed by atoms with Gasteiger partial charge in [-0.05, 0) is 18.9 Å². The number of aliphatic hydroxyl groups is 1. The first-order chi connectivity index (χ1) is 16.0. The molecule has 5 rings (SSSR count). The molecule has 1 aromatic rings. The van der Waals surface area contributed by atoms with Crippen LogP contribution in [0.1, 0.15) is 18.9 Å². The Balaban J connectivity index is 1.58. The minimum atomic E-state index is -1.30. The van der Waals surface area contributed by atoms with E-state index in [0.717, 1.165) is 5.56 Å². The average Bonchev–Trinajstić information content (AvgIpc) is 3.20. The number of hydrogen-bond acceptors (Lipinski definition) is 6. The summed E-state index contributed by atoms with van der Waals surface area (Å²) in [5, 5.41) is 9.91. The maximum Gasteiger partial charge on any atom is 0.312 e. The van der Waals surface area contributed by atoms with Crippen LogP contribution in [0, 0.1) is 11.8 Å². The van der Waals surface area contributed by atoms with Crippen LogP contribution in [0.15, 0.2) is 54.6 Å². The summed E-state index contributed by atoms with van der Waals surface area (Å²) in [5.41, 5.74) is -0.329. The monoisotopic (exact) mass is 452 g/mol. The zero-order valence-corrected chi connectivity index (χ0v) is 18.5. The van der Waals surface area contributed by atoms with E-state index in [-0.39, 0.29) is 25.0 Å². The summed E-state index contributed by atoms with van der Waals surface area (Å²) in [6.07, 6.45) is 7.26. The van der Waals surface area contributed by atoms with Crippen molar-refractivity contribution in [1.29, 1.82) is 0 Å². The zero-order valence-electron chi connectivity index (χ0n) is 18.5. The molecule has 0 radical (unpaired) electrons. The Labute approximate surface area is 192 Å². The summed E-state index contributed by atoms with van der Waals surface area (Å²) in [6, 6.07) is 8.05. The van der Waals surface area contributed by atoms with Crippen LogP contribution in [-0.2, 0) is 30.4 Å². The first-order valence-corrected chi connectivity index (χ1v) is 11.4. The van der Waals surface area contributed by atoms with Crippen molar-refractivity contribution in [3.8, 4) is 0 Å². The molecule has 0 aromatic heterocycles. The molecule has 4 aliphatic rings. The van der Waals surface area contributed by atoms with E-state index in [1.807, 2.05) is 48.6 Å². The summed E-state index contributed by atoms with van der Waals surface area (Å²) in [5.74, 6) is -2.84. The van der Waals surface area contributed by atoms with Crippen LogP contribution in [0.25, 0.3) is 0 Å². The van der Waals surface area contributed by atoms with Gasteiger partial charge in [0.1, 0.15) is 17.6 Å². The lowest BCUT2D eigenvalue weighted by atomic mass is 9.77. The molecule has 8 heteroatoms. The Morgan fingerprint density at radius 1 is 1.15 bits per heavy atom. The lowest BCUT2D eigenvalue weighted by Crippen LogP contribution is -2.57. The molecule has 1 spiro atoms. The fourth-order valence-electron chi connectivity index (χ4n) is 5.60. The van der Waals surface area contributed by atoms with Crippen LogP contribution in [0.3, 0.4) is 0 Å². The van der Waals surface area contributed by atoms with Crippen LogP contribution in [0.2, 0.25) is 0 Å². The number of rotatable bonds is 4. The standard InChI is InChI=1S/C25H28N2O6/c1-16(15-28)27-21-23(30)26(14-17-8-3-2-4-9-17)12-7-11-25(21)20(22(27)29)19-18(33-25)10-5-6-13-32-24(19)31/h2-5,7-11,16,18-21,28H,6,12-15H2,1H3/t16?,18-,19?,20+,21-,25?/m1/s1. The Kier molecular flexibility index (Phi) is 5.58. The first kappa shape index (κ1) is 21.9. The van der Waals surface area contributed by atoms with Gasteiger partial charge in [0.25, 0.3) is 0 Å². The van der Waals surface area contributed by atoms with Crippen molar-refractivity contribution in [2.75, 3.05) is 19.8 Å². The molecule has 2 fully saturated rings. The maximum atomic E-state index is 14.0. The van der Waals surface area contributed by atoms with E-state index in [0.29, 0.717) is 19.5 Å². The van der Waals surface area contributed by atoms with Crippen molar-refractivity contribution in [2.45, 2.75) is 43.7 Å². The van der Waals surface area contributed by atoms with Crippen LogP contribution in [-0.4, -0.2) is 76.2 Å². The zero-order chi connectivity index (χ0) is 23.2. The molecule has 4 aliphatic heterocycles. The highest BCUT2D eigenvalue weighted by Gasteiger charge is 2.72. The highest BCUT2D eigenvalue weighted by molar-refractivity contribution is 5.99. The van der Waals surface area contributed by atoms with Crippen molar-refractivity contribution in [3.05, 3.63) is 60.2 Å². The molecule has 1 N–H and O–H groups in total. The quantitative estimate of drug-likeness (QED) is 0.542. The smallest absolute Gasteiger partial charge is 0.312 e. The predicted octanol–water partition coefficient (Wildman–Crippen LogP) is 1.05. The summed E-state index contributed by atoms with van der Waals surface area (Å²) < 4.78 is 11.9. The van der Waals surface area contributed by atoms with E-state index >= 15 is 0 Å². The average molecular weight is 453 g/mol. The highest BCUT2D eigenvalue weighted by atomic mass is 16.6. The van der Waals surface area contributed by atoms with Crippen LogP contribution < -0.4 is 0 Å². The molecule has 8 nitrogen and oxygen atoms in total. The maximum absolute atomic E-state index is 14.0. The van der Waals surface area contributed by atoms with Crippen molar-refractivity contribution in [2.24, 2.45) is 11.8 Å². The van der Waals surface area contributed by atoms with Crippen LogP contribution >= 0.6 is 0 Å². The second-order valence-corrected chi connectivity index (χ2v) is 9.11. The van der Waals surface area contributed by atoms with E-state index in [9.17, 15) is 19.5 Å². The number of carbonyl (C=O) groups excluding carboxylic acids is 3. The largest absolute Gasteiger partial charge is 0.465 e. The summed E-state index contributed by atoms with van der Waals surface area (Å²) in [6.45, 7) is 2.37. The Bertz CT molecular complexity index is 1010. The molecule has 3 unspecified atom stereocenters. The van der Waals surface area contributed by atoms with E-state index in [1.165, 1.54) is 4.90 Å². The number of cyclic esters (lactones) is 1. The third kappa shape index (κ3) is 3.40. The number of nitrogens with zero attached hydrogens (tertiary/aromatic N) is 2.